The van der Waals surface area contributed by atoms with Crippen LogP contribution in [0.4, 0.5) is 0 Å². The molecule has 0 atom stereocenters. The van der Waals surface area contributed by atoms with Crippen LogP contribution < -0.4 is 28.4 Å². The first-order valence-corrected chi connectivity index (χ1v) is 21.9. The molecule has 0 amide bonds. The van der Waals surface area contributed by atoms with Crippen molar-refractivity contribution in [3.8, 4) is 34.5 Å². The molecule has 0 fully saturated rings. The first-order valence-electron chi connectivity index (χ1n) is 21.9. The van der Waals surface area contributed by atoms with Crippen LogP contribution in [0, 0.1) is 0 Å². The third-order valence-corrected chi connectivity index (χ3v) is 10.1. The average molecular weight is 759 g/mol. The Kier molecular flexibility index (Phi) is 19.6. The molecule has 4 aromatic carbocycles. The summed E-state index contributed by atoms with van der Waals surface area (Å²) in [6, 6.07) is 12.5. The number of esters is 1. The van der Waals surface area contributed by atoms with Crippen LogP contribution in [-0.4, -0.2) is 39.0 Å². The Bertz CT molecular complexity index is 1740. The van der Waals surface area contributed by atoms with E-state index in [0.29, 0.717) is 51.0 Å². The molecule has 7 heteroatoms. The highest BCUT2D eigenvalue weighted by molar-refractivity contribution is 6.28. The van der Waals surface area contributed by atoms with E-state index in [1.54, 1.807) is 0 Å². The third-order valence-electron chi connectivity index (χ3n) is 10.1. The zero-order valence-corrected chi connectivity index (χ0v) is 35.1. The molecule has 0 spiro atoms. The van der Waals surface area contributed by atoms with E-state index in [4.69, 9.17) is 28.4 Å². The molecule has 0 saturated heterocycles. The maximum absolute atomic E-state index is 13.2. The van der Waals surface area contributed by atoms with Gasteiger partial charge in [0, 0.05) is 11.8 Å². The van der Waals surface area contributed by atoms with Gasteiger partial charge in [-0.2, -0.15) is 0 Å². The van der Waals surface area contributed by atoms with Gasteiger partial charge in [0.1, 0.15) is 0 Å². The van der Waals surface area contributed by atoms with Crippen molar-refractivity contribution in [2.45, 2.75) is 157 Å². The lowest BCUT2D eigenvalue weighted by Gasteiger charge is -2.21. The lowest BCUT2D eigenvalue weighted by atomic mass is 9.92. The van der Waals surface area contributed by atoms with Crippen molar-refractivity contribution >= 4 is 38.3 Å². The Balaban J connectivity index is 2.06. The van der Waals surface area contributed by atoms with Crippen LogP contribution in [0.1, 0.15) is 157 Å². The monoisotopic (exact) mass is 759 g/mol. The highest BCUT2D eigenvalue weighted by atomic mass is 16.6. The van der Waals surface area contributed by atoms with Crippen molar-refractivity contribution < 1.29 is 33.2 Å². The van der Waals surface area contributed by atoms with Gasteiger partial charge in [-0.15, -0.1) is 0 Å². The molecule has 0 N–H and O–H groups in total. The Morgan fingerprint density at radius 2 is 0.782 bits per heavy atom. The largest absolute Gasteiger partial charge is 0.490 e. The molecule has 55 heavy (non-hydrogen) atoms. The van der Waals surface area contributed by atoms with Crippen molar-refractivity contribution in [3.05, 3.63) is 36.4 Å². The first kappa shape index (κ1) is 43.9. The molecule has 0 saturated carbocycles. The Labute approximate surface area is 331 Å². The summed E-state index contributed by atoms with van der Waals surface area (Å²) < 4.78 is 38.9. The van der Waals surface area contributed by atoms with E-state index in [-0.39, 0.29) is 5.97 Å². The maximum atomic E-state index is 13.2. The minimum absolute atomic E-state index is 0.255. The van der Waals surface area contributed by atoms with Crippen molar-refractivity contribution in [1.29, 1.82) is 0 Å². The predicted octanol–water partition coefficient (Wildman–Crippen LogP) is 14.1. The van der Waals surface area contributed by atoms with Crippen LogP contribution in [0.15, 0.2) is 36.4 Å². The molecule has 0 aliphatic carbocycles. The van der Waals surface area contributed by atoms with Crippen molar-refractivity contribution in [2.75, 3.05) is 33.0 Å². The van der Waals surface area contributed by atoms with Crippen LogP contribution in [0.25, 0.3) is 32.3 Å². The van der Waals surface area contributed by atoms with Crippen LogP contribution in [0.5, 0.6) is 34.5 Å². The second kappa shape index (κ2) is 24.6. The Hall–Kier alpha value is -3.87. The number of fused-ring (bicyclic) bond motifs is 6. The zero-order valence-electron chi connectivity index (χ0n) is 35.1. The molecule has 0 aromatic heterocycles. The summed E-state index contributed by atoms with van der Waals surface area (Å²) in [7, 11) is 0. The number of hydrogen-bond donors (Lipinski definition) is 0. The van der Waals surface area contributed by atoms with E-state index in [2.05, 4.69) is 71.9 Å². The van der Waals surface area contributed by atoms with Crippen molar-refractivity contribution in [3.63, 3.8) is 0 Å². The summed E-state index contributed by atoms with van der Waals surface area (Å²) >= 11 is 0. The summed E-state index contributed by atoms with van der Waals surface area (Å²) in [5.74, 6) is 3.71. The average Bonchev–Trinajstić information content (AvgIpc) is 3.19. The number of unbranched alkanes of at least 4 members (excludes halogenated alkanes) is 11. The summed E-state index contributed by atoms with van der Waals surface area (Å²) in [6.45, 7) is 16.0. The topological polar surface area (TPSA) is 72.5 Å². The summed E-state index contributed by atoms with van der Waals surface area (Å²) in [6.07, 6.45) is 17.8. The number of ether oxygens (including phenoxy) is 6. The van der Waals surface area contributed by atoms with E-state index >= 15 is 0 Å². The van der Waals surface area contributed by atoms with E-state index in [1.165, 1.54) is 0 Å². The zero-order chi connectivity index (χ0) is 39.3. The number of carbonyl (C=O) groups is 1. The molecular formula is C48H70O7. The number of rotatable bonds is 29. The molecule has 4 aromatic rings. The van der Waals surface area contributed by atoms with Gasteiger partial charge >= 0.3 is 5.97 Å². The van der Waals surface area contributed by atoms with Gasteiger partial charge in [-0.25, -0.2) is 0 Å². The third kappa shape index (κ3) is 12.8. The van der Waals surface area contributed by atoms with Gasteiger partial charge in [0.2, 0.25) is 0 Å². The minimum Gasteiger partial charge on any atom is -0.490 e. The highest BCUT2D eigenvalue weighted by Gasteiger charge is 2.23. The van der Waals surface area contributed by atoms with Crippen LogP contribution in [0.3, 0.4) is 0 Å². The maximum Gasteiger partial charge on any atom is 0.311 e. The van der Waals surface area contributed by atoms with Crippen LogP contribution in [0.2, 0.25) is 0 Å². The van der Waals surface area contributed by atoms with E-state index in [9.17, 15) is 4.79 Å². The summed E-state index contributed by atoms with van der Waals surface area (Å²) in [4.78, 5) is 13.2. The van der Waals surface area contributed by atoms with Crippen molar-refractivity contribution in [2.24, 2.45) is 0 Å². The van der Waals surface area contributed by atoms with Crippen molar-refractivity contribution in [1.82, 2.24) is 0 Å². The quantitative estimate of drug-likeness (QED) is 0.0236. The van der Waals surface area contributed by atoms with Gasteiger partial charge in [0.15, 0.2) is 34.5 Å². The highest BCUT2D eigenvalue weighted by Crippen LogP contribution is 2.49. The van der Waals surface area contributed by atoms with Gasteiger partial charge in [0.25, 0.3) is 0 Å². The van der Waals surface area contributed by atoms with Gasteiger partial charge < -0.3 is 28.4 Å². The fraction of sp³-hybridized carbons (Fsp3) is 0.604. The number of benzene rings is 4. The predicted molar refractivity (Wildman–Crippen MR) is 229 cm³/mol. The molecular weight excluding hydrogens is 689 g/mol. The van der Waals surface area contributed by atoms with Crippen LogP contribution in [-0.2, 0) is 4.79 Å². The van der Waals surface area contributed by atoms with Gasteiger partial charge in [-0.3, -0.25) is 4.79 Å². The molecule has 0 heterocycles. The standard InChI is InChI=1S/C48H70O7/c1-7-13-19-27-50-41-26-25-36-37-32-42(51-28-20-14-8-2)43(52-29-21-15-9-3)33-38(37)39-34-45(55-46(49)24-18-12-6)44(53-30-22-16-10-4)35-40(39)47(36)48(41)54-31-23-17-11-5/h25-26,32-35H,7-24,27-31H2,1-6H3. The van der Waals surface area contributed by atoms with Gasteiger partial charge in [-0.05, 0) is 102 Å². The lowest BCUT2D eigenvalue weighted by Crippen LogP contribution is -2.09. The van der Waals surface area contributed by atoms with E-state index in [0.717, 1.165) is 164 Å². The molecule has 0 aliphatic rings. The summed E-state index contributed by atoms with van der Waals surface area (Å²) in [5, 5.41) is 5.89. The molecule has 304 valence electrons. The second-order valence-electron chi connectivity index (χ2n) is 14.9. The van der Waals surface area contributed by atoms with Gasteiger partial charge in [-0.1, -0.05) is 112 Å². The van der Waals surface area contributed by atoms with Gasteiger partial charge in [0.05, 0.1) is 33.0 Å². The number of hydrogen-bond acceptors (Lipinski definition) is 7. The van der Waals surface area contributed by atoms with E-state index in [1.807, 2.05) is 6.07 Å². The van der Waals surface area contributed by atoms with E-state index < -0.39 is 0 Å². The second-order valence-corrected chi connectivity index (χ2v) is 14.9. The molecule has 0 radical (unpaired) electrons. The minimum atomic E-state index is -0.255. The Morgan fingerprint density at radius 3 is 1.27 bits per heavy atom. The first-order chi connectivity index (χ1) is 27.0. The lowest BCUT2D eigenvalue weighted by molar-refractivity contribution is -0.134. The molecule has 0 unspecified atom stereocenters. The molecule has 7 nitrogen and oxygen atoms in total. The molecule has 4 rings (SSSR count). The normalized spacial score (nSPS) is 11.4. The molecule has 0 aliphatic heterocycles. The SMILES string of the molecule is CCCCCOc1cc2c(cc1OCCCCC)c1ccc(OCCCCC)c(OCCCCC)c1c1cc(OCCCCC)c(OC(=O)CCCC)cc21. The Morgan fingerprint density at radius 1 is 0.400 bits per heavy atom. The number of carbonyl (C=O) groups excluding carboxylic acids is 1. The molecule has 0 bridgehead atoms. The van der Waals surface area contributed by atoms with Crippen LogP contribution >= 0.6 is 0 Å². The fourth-order valence-corrected chi connectivity index (χ4v) is 6.88. The fourth-order valence-electron chi connectivity index (χ4n) is 6.88. The summed E-state index contributed by atoms with van der Waals surface area (Å²) in [5.41, 5.74) is 0. The smallest absolute Gasteiger partial charge is 0.311 e.